The third-order valence-corrected chi connectivity index (χ3v) is 6.09. The molecule has 0 atom stereocenters. The van der Waals surface area contributed by atoms with Crippen LogP contribution in [-0.2, 0) is 19.5 Å². The van der Waals surface area contributed by atoms with E-state index in [1.54, 1.807) is 4.68 Å². The summed E-state index contributed by atoms with van der Waals surface area (Å²) in [5.41, 5.74) is 4.21. The molecule has 4 rings (SSSR count). The molecule has 2 heterocycles. The molecule has 0 unspecified atom stereocenters. The number of benzene rings is 2. The fourth-order valence-electron chi connectivity index (χ4n) is 4.11. The topological polar surface area (TPSA) is 94.3 Å². The molecule has 34 heavy (non-hydrogen) atoms. The molecule has 8 nitrogen and oxygen atoms in total. The minimum absolute atomic E-state index is 0.0000426. The summed E-state index contributed by atoms with van der Waals surface area (Å²) in [4.78, 5) is 13.1. The van der Waals surface area contributed by atoms with Gasteiger partial charge in [0.25, 0.3) is 0 Å². The molecule has 178 valence electrons. The number of nitrogens with zero attached hydrogens (tertiary/aromatic N) is 6. The van der Waals surface area contributed by atoms with Crippen molar-refractivity contribution in [2.45, 2.75) is 71.9 Å². The molecule has 0 amide bonds. The van der Waals surface area contributed by atoms with Crippen molar-refractivity contribution in [3.05, 3.63) is 70.4 Å². The van der Waals surface area contributed by atoms with Gasteiger partial charge in [-0.1, -0.05) is 82.0 Å². The van der Waals surface area contributed by atoms with E-state index in [4.69, 9.17) is 0 Å². The van der Waals surface area contributed by atoms with Crippen LogP contribution in [0.3, 0.4) is 0 Å². The van der Waals surface area contributed by atoms with Crippen LogP contribution in [0.25, 0.3) is 22.5 Å². The van der Waals surface area contributed by atoms with Crippen molar-refractivity contribution in [2.24, 2.45) is 0 Å². The Balaban J connectivity index is 1.52. The van der Waals surface area contributed by atoms with Gasteiger partial charge < -0.3 is 0 Å². The Bertz CT molecular complexity index is 1220. The van der Waals surface area contributed by atoms with Gasteiger partial charge in [0.05, 0.1) is 6.54 Å². The highest BCUT2D eigenvalue weighted by molar-refractivity contribution is 5.70. The van der Waals surface area contributed by atoms with Gasteiger partial charge in [-0.25, -0.2) is 14.6 Å². The maximum Gasteiger partial charge on any atom is 0.346 e. The smallest absolute Gasteiger partial charge is 0.274 e. The first-order valence-electron chi connectivity index (χ1n) is 12.3. The van der Waals surface area contributed by atoms with Crippen molar-refractivity contribution in [3.8, 4) is 22.5 Å². The summed E-state index contributed by atoms with van der Waals surface area (Å²) < 4.78 is 3.51. The molecule has 0 aliphatic heterocycles. The van der Waals surface area contributed by atoms with Crippen molar-refractivity contribution in [1.29, 1.82) is 0 Å². The van der Waals surface area contributed by atoms with Crippen molar-refractivity contribution in [1.82, 2.24) is 35.0 Å². The quantitative estimate of drug-likeness (QED) is 0.305. The maximum atomic E-state index is 13.1. The van der Waals surface area contributed by atoms with Gasteiger partial charge in [0.1, 0.15) is 5.82 Å². The fraction of sp³-hybridized carbons (Fsp3) is 0.423. The average molecular weight is 460 g/mol. The van der Waals surface area contributed by atoms with Crippen LogP contribution in [0, 0.1) is 0 Å². The number of H-pyrrole nitrogens is 1. The molecule has 0 saturated carbocycles. The maximum absolute atomic E-state index is 13.1. The van der Waals surface area contributed by atoms with Crippen LogP contribution in [0.2, 0.25) is 0 Å². The third-order valence-electron chi connectivity index (χ3n) is 6.09. The van der Waals surface area contributed by atoms with Crippen LogP contribution in [-0.4, -0.2) is 35.0 Å². The lowest BCUT2D eigenvalue weighted by molar-refractivity contribution is 0.520. The second-order valence-corrected chi connectivity index (χ2v) is 8.70. The molecule has 2 aromatic carbocycles. The van der Waals surface area contributed by atoms with Crippen LogP contribution < -0.4 is 5.69 Å². The lowest BCUT2D eigenvalue weighted by Crippen LogP contribution is -2.26. The van der Waals surface area contributed by atoms with E-state index in [2.05, 4.69) is 76.0 Å². The fourth-order valence-corrected chi connectivity index (χ4v) is 4.11. The normalized spacial score (nSPS) is 11.2. The van der Waals surface area contributed by atoms with Gasteiger partial charge in [-0.2, -0.15) is 5.10 Å². The zero-order valence-corrected chi connectivity index (χ0v) is 20.1. The SMILES string of the molecule is CCCCCCn1nc(CCCC)n(Cc2ccc(-c3cccc(-c4nnn[nH]4)c3)cc2)c1=O. The van der Waals surface area contributed by atoms with E-state index in [0.29, 0.717) is 18.9 Å². The molecule has 0 spiro atoms. The molecular weight excluding hydrogens is 426 g/mol. The Hall–Kier alpha value is -3.55. The first-order chi connectivity index (χ1) is 16.7. The first-order valence-corrected chi connectivity index (χ1v) is 12.3. The molecule has 0 aliphatic carbocycles. The van der Waals surface area contributed by atoms with Crippen LogP contribution >= 0.6 is 0 Å². The molecule has 2 aromatic heterocycles. The Morgan fingerprint density at radius 1 is 0.882 bits per heavy atom. The van der Waals surface area contributed by atoms with Crippen molar-refractivity contribution in [3.63, 3.8) is 0 Å². The van der Waals surface area contributed by atoms with Crippen LogP contribution in [0.15, 0.2) is 53.3 Å². The van der Waals surface area contributed by atoms with E-state index < -0.39 is 0 Å². The van der Waals surface area contributed by atoms with Gasteiger partial charge in [0.15, 0.2) is 5.82 Å². The molecule has 4 aromatic rings. The molecule has 0 radical (unpaired) electrons. The van der Waals surface area contributed by atoms with Gasteiger partial charge in [-0.3, -0.25) is 4.57 Å². The Morgan fingerprint density at radius 2 is 1.68 bits per heavy atom. The Kier molecular flexibility index (Phi) is 8.01. The summed E-state index contributed by atoms with van der Waals surface area (Å²) >= 11 is 0. The number of aryl methyl sites for hydroxylation is 2. The lowest BCUT2D eigenvalue weighted by Gasteiger charge is -2.08. The number of aromatic amines is 1. The van der Waals surface area contributed by atoms with Crippen molar-refractivity contribution >= 4 is 0 Å². The number of nitrogens with one attached hydrogen (secondary N) is 1. The van der Waals surface area contributed by atoms with Gasteiger partial charge in [0, 0.05) is 18.5 Å². The summed E-state index contributed by atoms with van der Waals surface area (Å²) in [5.74, 6) is 1.53. The van der Waals surface area contributed by atoms with E-state index >= 15 is 0 Å². The minimum Gasteiger partial charge on any atom is -0.274 e. The zero-order valence-electron chi connectivity index (χ0n) is 20.1. The number of unbranched alkanes of at least 4 members (excludes halogenated alkanes) is 4. The molecule has 1 N–H and O–H groups in total. The second kappa shape index (κ2) is 11.5. The Labute approximate surface area is 200 Å². The highest BCUT2D eigenvalue weighted by Crippen LogP contribution is 2.24. The van der Waals surface area contributed by atoms with Crippen LogP contribution in [0.5, 0.6) is 0 Å². The predicted molar refractivity (Wildman–Crippen MR) is 133 cm³/mol. The predicted octanol–water partition coefficient (Wildman–Crippen LogP) is 4.86. The average Bonchev–Trinajstić information content (AvgIpc) is 3.51. The van der Waals surface area contributed by atoms with Crippen LogP contribution in [0.1, 0.15) is 63.8 Å². The number of hydrogen-bond donors (Lipinski definition) is 1. The van der Waals surface area contributed by atoms with Crippen molar-refractivity contribution < 1.29 is 0 Å². The zero-order chi connectivity index (χ0) is 23.8. The highest BCUT2D eigenvalue weighted by Gasteiger charge is 2.13. The number of tetrazole rings is 1. The van der Waals surface area contributed by atoms with E-state index in [-0.39, 0.29) is 5.69 Å². The molecule has 0 aliphatic rings. The molecule has 0 bridgehead atoms. The lowest BCUT2D eigenvalue weighted by atomic mass is 10.0. The summed E-state index contributed by atoms with van der Waals surface area (Å²) in [6.45, 7) is 5.59. The molecule has 8 heteroatoms. The van der Waals surface area contributed by atoms with E-state index in [1.807, 2.05) is 16.7 Å². The molecule has 0 saturated heterocycles. The first kappa shape index (κ1) is 23.6. The van der Waals surface area contributed by atoms with Gasteiger partial charge in [-0.15, -0.1) is 5.10 Å². The third kappa shape index (κ3) is 5.68. The van der Waals surface area contributed by atoms with E-state index in [1.165, 1.54) is 12.8 Å². The van der Waals surface area contributed by atoms with Gasteiger partial charge in [0.2, 0.25) is 0 Å². The standard InChI is InChI=1S/C26H33N7O/c1-3-5-7-8-17-33-26(34)32(24(29-33)12-6-4-2)19-20-13-15-21(16-14-20)22-10-9-11-23(18-22)25-27-30-31-28-25/h9-11,13-16,18H,3-8,12,17,19H2,1-2H3,(H,27,28,30,31). The van der Waals surface area contributed by atoms with Gasteiger partial charge >= 0.3 is 5.69 Å². The van der Waals surface area contributed by atoms with Crippen LogP contribution in [0.4, 0.5) is 0 Å². The highest BCUT2D eigenvalue weighted by atomic mass is 16.2. The largest absolute Gasteiger partial charge is 0.346 e. The Morgan fingerprint density at radius 3 is 2.41 bits per heavy atom. The number of hydrogen-bond acceptors (Lipinski definition) is 5. The summed E-state index contributed by atoms with van der Waals surface area (Å²) in [6.07, 6.45) is 7.45. The molecule has 0 fully saturated rings. The van der Waals surface area contributed by atoms with Crippen molar-refractivity contribution in [2.75, 3.05) is 0 Å². The van der Waals surface area contributed by atoms with E-state index in [9.17, 15) is 4.79 Å². The number of aromatic nitrogens is 7. The summed E-state index contributed by atoms with van der Waals surface area (Å²) in [7, 11) is 0. The monoisotopic (exact) mass is 459 g/mol. The summed E-state index contributed by atoms with van der Waals surface area (Å²) in [6, 6.07) is 16.5. The van der Waals surface area contributed by atoms with E-state index in [0.717, 1.165) is 60.2 Å². The molecular formula is C26H33N7O. The number of rotatable bonds is 12. The second-order valence-electron chi connectivity index (χ2n) is 8.70. The minimum atomic E-state index is 0.0000426. The summed E-state index contributed by atoms with van der Waals surface area (Å²) in [5, 5.41) is 18.8. The van der Waals surface area contributed by atoms with Gasteiger partial charge in [-0.05, 0) is 46.0 Å².